The molecule has 0 amide bonds. The molecule has 33 heavy (non-hydrogen) atoms. The molecule has 0 aromatic carbocycles. The van der Waals surface area contributed by atoms with Crippen LogP contribution in [0.2, 0.25) is 0 Å². The van der Waals surface area contributed by atoms with Gasteiger partial charge in [0.2, 0.25) is 5.60 Å². The summed E-state index contributed by atoms with van der Waals surface area (Å²) in [6, 6.07) is 2.28. The standard InChI is InChI=1S/C25H29F2NO5/c1-20(2)32-19-9-14-15-8-17(26)16-7-13(29)5-6-21(16,3)24(15,27)18(30)10-22(14,4)25(19,33-20)23(11-28)12-31-23/h5-7,14-15,17-19,30H,8-10,12H2,1-4H3/t14-,15-,17-,18-,19+,21-,22-,23?,24-,25+/m0/s1. The van der Waals surface area contributed by atoms with Crippen LogP contribution >= 0.6 is 0 Å². The van der Waals surface area contributed by atoms with E-state index in [0.717, 1.165) is 0 Å². The van der Waals surface area contributed by atoms with E-state index in [1.807, 2.05) is 6.92 Å². The fraction of sp³-hybridized carbons (Fsp3) is 0.760. The summed E-state index contributed by atoms with van der Waals surface area (Å²) in [5.41, 5.74) is -6.87. The van der Waals surface area contributed by atoms with Crippen molar-refractivity contribution in [2.24, 2.45) is 22.7 Å². The van der Waals surface area contributed by atoms with E-state index in [0.29, 0.717) is 6.42 Å². The predicted molar refractivity (Wildman–Crippen MR) is 111 cm³/mol. The Morgan fingerprint density at radius 3 is 2.55 bits per heavy atom. The second-order valence-corrected chi connectivity index (χ2v) is 11.7. The third-order valence-corrected chi connectivity index (χ3v) is 9.83. The average Bonchev–Trinajstić information content (AvgIpc) is 3.43. The highest BCUT2D eigenvalue weighted by Crippen LogP contribution is 2.75. The number of alkyl halides is 2. The molecule has 0 radical (unpaired) electrons. The molecule has 2 heterocycles. The van der Waals surface area contributed by atoms with Crippen LogP contribution in [0.25, 0.3) is 0 Å². The van der Waals surface area contributed by atoms with Crippen LogP contribution in [0.15, 0.2) is 23.8 Å². The Bertz CT molecular complexity index is 1060. The van der Waals surface area contributed by atoms with E-state index >= 15 is 8.78 Å². The van der Waals surface area contributed by atoms with Gasteiger partial charge in [-0.25, -0.2) is 8.78 Å². The predicted octanol–water partition coefficient (Wildman–Crippen LogP) is 3.10. The number of rotatable bonds is 1. The van der Waals surface area contributed by atoms with Gasteiger partial charge >= 0.3 is 0 Å². The van der Waals surface area contributed by atoms with Crippen LogP contribution in [-0.4, -0.2) is 58.5 Å². The van der Waals surface area contributed by atoms with Crippen molar-refractivity contribution in [2.45, 2.75) is 88.0 Å². The molecule has 2 saturated heterocycles. The first-order valence-corrected chi connectivity index (χ1v) is 11.7. The van der Waals surface area contributed by atoms with Crippen molar-refractivity contribution >= 4 is 5.78 Å². The zero-order valence-corrected chi connectivity index (χ0v) is 19.2. The zero-order valence-electron chi connectivity index (χ0n) is 19.2. The van der Waals surface area contributed by atoms with Crippen LogP contribution in [0.4, 0.5) is 8.78 Å². The smallest absolute Gasteiger partial charge is 0.209 e. The Balaban J connectivity index is 1.52. The van der Waals surface area contributed by atoms with Gasteiger partial charge in [-0.1, -0.05) is 13.0 Å². The Hall–Kier alpha value is -1.66. The maximum absolute atomic E-state index is 17.3. The molecule has 0 aromatic heterocycles. The summed E-state index contributed by atoms with van der Waals surface area (Å²) in [5.74, 6) is -2.62. The summed E-state index contributed by atoms with van der Waals surface area (Å²) in [7, 11) is 0. The van der Waals surface area contributed by atoms with Crippen LogP contribution in [0, 0.1) is 34.0 Å². The number of nitriles is 1. The van der Waals surface area contributed by atoms with E-state index in [-0.39, 0.29) is 30.8 Å². The number of allylic oxidation sites excluding steroid dienone is 4. The molecule has 0 aromatic rings. The number of carbonyl (C=O) groups is 1. The number of nitrogens with zero attached hydrogens (tertiary/aromatic N) is 1. The first-order valence-electron chi connectivity index (χ1n) is 11.7. The molecule has 4 aliphatic carbocycles. The number of ether oxygens (including phenoxy) is 3. The fourth-order valence-electron chi connectivity index (χ4n) is 8.48. The number of epoxide rings is 1. The molecule has 1 unspecified atom stereocenters. The van der Waals surface area contributed by atoms with Gasteiger partial charge < -0.3 is 19.3 Å². The third kappa shape index (κ3) is 2.20. The second kappa shape index (κ2) is 5.93. The van der Waals surface area contributed by atoms with Crippen molar-refractivity contribution in [1.82, 2.24) is 0 Å². The fourth-order valence-corrected chi connectivity index (χ4v) is 8.48. The maximum atomic E-state index is 17.3. The van der Waals surface area contributed by atoms with Crippen LogP contribution in [0.3, 0.4) is 0 Å². The number of fused-ring (bicyclic) bond motifs is 7. The number of aliphatic hydroxyl groups excluding tert-OH is 1. The molecule has 1 N–H and O–H groups in total. The SMILES string of the molecule is CC1(C)O[C@@H]2C[C@H]3[C@@H]4C[C@H](F)C5=CC(=O)C=C[C@]5(C)[C@@]4(F)[C@@H](O)C[C@]3(C)[C@]2(C2(C#N)CO2)O1. The quantitative estimate of drug-likeness (QED) is 0.604. The monoisotopic (exact) mass is 461 g/mol. The van der Waals surface area contributed by atoms with E-state index in [4.69, 9.17) is 14.2 Å². The zero-order chi connectivity index (χ0) is 23.8. The molecule has 5 fully saturated rings. The Morgan fingerprint density at radius 2 is 1.91 bits per heavy atom. The molecule has 2 aliphatic heterocycles. The highest BCUT2D eigenvalue weighted by Gasteiger charge is 2.86. The van der Waals surface area contributed by atoms with Crippen LogP contribution in [0.1, 0.15) is 47.0 Å². The molecule has 3 saturated carbocycles. The summed E-state index contributed by atoms with van der Waals surface area (Å²) >= 11 is 0. The molecule has 8 heteroatoms. The van der Waals surface area contributed by atoms with Gasteiger partial charge in [0.05, 0.1) is 18.8 Å². The van der Waals surface area contributed by atoms with Gasteiger partial charge in [0, 0.05) is 16.7 Å². The first kappa shape index (κ1) is 21.8. The first-order chi connectivity index (χ1) is 15.3. The van der Waals surface area contributed by atoms with E-state index in [2.05, 4.69) is 6.07 Å². The van der Waals surface area contributed by atoms with Crippen molar-refractivity contribution in [3.05, 3.63) is 23.8 Å². The molecule has 178 valence electrons. The van der Waals surface area contributed by atoms with Gasteiger partial charge in [0.1, 0.15) is 17.8 Å². The second-order valence-electron chi connectivity index (χ2n) is 11.7. The number of hydrogen-bond acceptors (Lipinski definition) is 6. The van der Waals surface area contributed by atoms with Gasteiger partial charge in [-0.3, -0.25) is 4.79 Å². The van der Waals surface area contributed by atoms with Crippen LogP contribution in [0.5, 0.6) is 0 Å². The molecule has 10 atom stereocenters. The molecule has 0 bridgehead atoms. The lowest BCUT2D eigenvalue weighted by Crippen LogP contribution is -2.71. The summed E-state index contributed by atoms with van der Waals surface area (Å²) < 4.78 is 51.3. The molecule has 0 spiro atoms. The highest BCUT2D eigenvalue weighted by atomic mass is 19.1. The molecular formula is C25H29F2NO5. The molecule has 6 aliphatic rings. The van der Waals surface area contributed by atoms with E-state index < -0.39 is 63.7 Å². The van der Waals surface area contributed by atoms with Crippen LogP contribution < -0.4 is 0 Å². The summed E-state index contributed by atoms with van der Waals surface area (Å²) in [6.07, 6.45) is 0.596. The van der Waals surface area contributed by atoms with Gasteiger partial charge in [-0.05, 0) is 63.7 Å². The summed E-state index contributed by atoms with van der Waals surface area (Å²) in [4.78, 5) is 12.0. The Kier molecular flexibility index (Phi) is 3.93. The number of aliphatic hydroxyl groups is 1. The molecule has 6 nitrogen and oxygen atoms in total. The Labute approximate surface area is 191 Å². The van der Waals surface area contributed by atoms with Gasteiger partial charge in [0.15, 0.2) is 17.2 Å². The molecule has 6 rings (SSSR count). The topological polar surface area (TPSA) is 92.1 Å². The van der Waals surface area contributed by atoms with Crippen molar-refractivity contribution in [1.29, 1.82) is 5.26 Å². The van der Waals surface area contributed by atoms with Crippen LogP contribution in [-0.2, 0) is 19.0 Å². The van der Waals surface area contributed by atoms with Crippen molar-refractivity contribution < 1.29 is 32.9 Å². The largest absolute Gasteiger partial charge is 0.390 e. The number of halogens is 2. The van der Waals surface area contributed by atoms with Crippen molar-refractivity contribution in [2.75, 3.05) is 6.61 Å². The summed E-state index contributed by atoms with van der Waals surface area (Å²) in [6.45, 7) is 7.21. The van der Waals surface area contributed by atoms with Gasteiger partial charge in [-0.15, -0.1) is 0 Å². The van der Waals surface area contributed by atoms with E-state index in [9.17, 15) is 15.2 Å². The number of carbonyl (C=O) groups excluding carboxylic acids is 1. The lowest BCUT2D eigenvalue weighted by molar-refractivity contribution is -0.260. The average molecular weight is 462 g/mol. The van der Waals surface area contributed by atoms with E-state index in [1.54, 1.807) is 20.8 Å². The van der Waals surface area contributed by atoms with E-state index in [1.165, 1.54) is 18.2 Å². The minimum Gasteiger partial charge on any atom is -0.390 e. The number of hydrogen-bond donors (Lipinski definition) is 1. The Morgan fingerprint density at radius 1 is 1.21 bits per heavy atom. The lowest BCUT2D eigenvalue weighted by atomic mass is 9.44. The number of ketones is 1. The normalized spacial score (nSPS) is 57.9. The molecular weight excluding hydrogens is 432 g/mol. The lowest BCUT2D eigenvalue weighted by Gasteiger charge is -2.63. The van der Waals surface area contributed by atoms with Gasteiger partial charge in [-0.2, -0.15) is 5.26 Å². The maximum Gasteiger partial charge on any atom is 0.209 e. The van der Waals surface area contributed by atoms with Crippen molar-refractivity contribution in [3.63, 3.8) is 0 Å². The van der Waals surface area contributed by atoms with Crippen molar-refractivity contribution in [3.8, 4) is 6.07 Å². The third-order valence-electron chi connectivity index (χ3n) is 9.83. The minimum absolute atomic E-state index is 0.00893. The highest BCUT2D eigenvalue weighted by molar-refractivity contribution is 6.01. The minimum atomic E-state index is -2.18. The summed E-state index contributed by atoms with van der Waals surface area (Å²) in [5, 5.41) is 21.6. The van der Waals surface area contributed by atoms with Gasteiger partial charge in [0.25, 0.3) is 0 Å².